The van der Waals surface area contributed by atoms with Gasteiger partial charge in [-0.2, -0.15) is 0 Å². The molecule has 102 valence electrons. The van der Waals surface area contributed by atoms with Crippen molar-refractivity contribution >= 4 is 0 Å². The predicted molar refractivity (Wildman–Crippen MR) is 72.5 cm³/mol. The molecular weight excluding hydrogens is 222 g/mol. The van der Waals surface area contributed by atoms with Gasteiger partial charge < -0.3 is 10.1 Å². The van der Waals surface area contributed by atoms with Gasteiger partial charge in [-0.15, -0.1) is 0 Å². The van der Waals surface area contributed by atoms with Crippen LogP contribution in [0.3, 0.4) is 0 Å². The molecule has 0 bridgehead atoms. The van der Waals surface area contributed by atoms with Crippen molar-refractivity contribution in [1.29, 1.82) is 0 Å². The molecule has 1 saturated heterocycles. The maximum Gasteiger partial charge on any atom is 0.0757 e. The smallest absolute Gasteiger partial charge is 0.0757 e. The van der Waals surface area contributed by atoms with Crippen LogP contribution in [-0.2, 0) is 4.74 Å². The van der Waals surface area contributed by atoms with E-state index in [0.717, 1.165) is 18.6 Å². The topological polar surface area (TPSA) is 21.3 Å². The molecular formula is C16H27NO. The summed E-state index contributed by atoms with van der Waals surface area (Å²) in [6, 6.07) is 1.51. The van der Waals surface area contributed by atoms with Crippen LogP contribution in [0.2, 0.25) is 0 Å². The largest absolute Gasteiger partial charge is 0.376 e. The quantitative estimate of drug-likeness (QED) is 0.829. The van der Waals surface area contributed by atoms with Crippen molar-refractivity contribution in [3.05, 3.63) is 0 Å². The first-order chi connectivity index (χ1) is 8.87. The fourth-order valence-corrected chi connectivity index (χ4v) is 4.75. The molecule has 4 aliphatic rings. The SMILES string of the molecule is C1CCC2(CC1)CCC2NC1CCOC1C1CC1. The molecule has 1 aliphatic heterocycles. The highest BCUT2D eigenvalue weighted by atomic mass is 16.5. The van der Waals surface area contributed by atoms with Crippen molar-refractivity contribution in [2.45, 2.75) is 82.4 Å². The number of rotatable bonds is 3. The number of nitrogens with one attached hydrogen (secondary N) is 1. The minimum absolute atomic E-state index is 0.561. The molecule has 0 aromatic heterocycles. The van der Waals surface area contributed by atoms with Gasteiger partial charge in [-0.3, -0.25) is 0 Å². The van der Waals surface area contributed by atoms with E-state index >= 15 is 0 Å². The molecule has 2 heteroatoms. The van der Waals surface area contributed by atoms with Crippen LogP contribution in [0.5, 0.6) is 0 Å². The first-order valence-corrected chi connectivity index (χ1v) is 8.25. The number of hydrogen-bond acceptors (Lipinski definition) is 2. The van der Waals surface area contributed by atoms with Crippen LogP contribution < -0.4 is 5.32 Å². The van der Waals surface area contributed by atoms with Gasteiger partial charge in [-0.05, 0) is 56.3 Å². The Labute approximate surface area is 111 Å². The maximum absolute atomic E-state index is 5.97. The van der Waals surface area contributed by atoms with Gasteiger partial charge in [0.25, 0.3) is 0 Å². The Morgan fingerprint density at radius 1 is 0.889 bits per heavy atom. The van der Waals surface area contributed by atoms with Crippen LogP contribution in [0.15, 0.2) is 0 Å². The molecule has 1 heterocycles. The molecule has 1 N–H and O–H groups in total. The van der Waals surface area contributed by atoms with Gasteiger partial charge in [-0.1, -0.05) is 19.3 Å². The molecule has 3 saturated carbocycles. The Hall–Kier alpha value is -0.0800. The second kappa shape index (κ2) is 4.49. The van der Waals surface area contributed by atoms with Crippen LogP contribution >= 0.6 is 0 Å². The molecule has 3 atom stereocenters. The first kappa shape index (κ1) is 11.7. The second-order valence-corrected chi connectivity index (χ2v) is 7.25. The van der Waals surface area contributed by atoms with E-state index in [0.29, 0.717) is 17.6 Å². The van der Waals surface area contributed by atoms with Gasteiger partial charge in [-0.25, -0.2) is 0 Å². The van der Waals surface area contributed by atoms with Crippen molar-refractivity contribution in [1.82, 2.24) is 5.32 Å². The Morgan fingerprint density at radius 3 is 2.39 bits per heavy atom. The molecule has 0 aromatic carbocycles. The van der Waals surface area contributed by atoms with Gasteiger partial charge in [0, 0.05) is 18.7 Å². The Balaban J connectivity index is 1.39. The lowest BCUT2D eigenvalue weighted by molar-refractivity contribution is 0.00468. The molecule has 3 aliphatic carbocycles. The van der Waals surface area contributed by atoms with Gasteiger partial charge in [0.05, 0.1) is 6.10 Å². The van der Waals surface area contributed by atoms with E-state index < -0.39 is 0 Å². The van der Waals surface area contributed by atoms with Crippen LogP contribution in [0.25, 0.3) is 0 Å². The zero-order chi connectivity index (χ0) is 12.0. The third-order valence-electron chi connectivity index (χ3n) is 6.16. The van der Waals surface area contributed by atoms with Crippen LogP contribution in [0.1, 0.15) is 64.2 Å². The van der Waals surface area contributed by atoms with Crippen molar-refractivity contribution in [2.24, 2.45) is 11.3 Å². The fraction of sp³-hybridized carbons (Fsp3) is 1.00. The summed E-state index contributed by atoms with van der Waals surface area (Å²) in [7, 11) is 0. The molecule has 3 unspecified atom stereocenters. The highest BCUT2D eigenvalue weighted by Crippen LogP contribution is 2.52. The standard InChI is InChI=1S/C16H27NO/c1-2-8-16(9-3-1)10-6-14(16)17-13-7-11-18-15(13)12-4-5-12/h12-15,17H,1-11H2. The zero-order valence-corrected chi connectivity index (χ0v) is 11.5. The van der Waals surface area contributed by atoms with E-state index in [1.807, 2.05) is 0 Å². The maximum atomic E-state index is 5.97. The minimum Gasteiger partial charge on any atom is -0.376 e. The number of hydrogen-bond donors (Lipinski definition) is 1. The van der Waals surface area contributed by atoms with Crippen molar-refractivity contribution < 1.29 is 4.74 Å². The summed E-state index contributed by atoms with van der Waals surface area (Å²) >= 11 is 0. The molecule has 0 aromatic rings. The third-order valence-corrected chi connectivity index (χ3v) is 6.16. The molecule has 0 radical (unpaired) electrons. The Kier molecular flexibility index (Phi) is 2.92. The summed E-state index contributed by atoms with van der Waals surface area (Å²) in [4.78, 5) is 0. The normalized spacial score (nSPS) is 43.0. The average Bonchev–Trinajstić information content (AvgIpc) is 3.15. The Bertz CT molecular complexity index is 306. The van der Waals surface area contributed by atoms with Gasteiger partial charge >= 0.3 is 0 Å². The van der Waals surface area contributed by atoms with E-state index in [1.165, 1.54) is 64.2 Å². The highest BCUT2D eigenvalue weighted by Gasteiger charge is 2.49. The summed E-state index contributed by atoms with van der Waals surface area (Å²) in [6.45, 7) is 0.999. The summed E-state index contributed by atoms with van der Waals surface area (Å²) in [6.07, 6.45) is 15.0. The number of ether oxygens (including phenoxy) is 1. The van der Waals surface area contributed by atoms with E-state index in [2.05, 4.69) is 5.32 Å². The summed E-state index contributed by atoms with van der Waals surface area (Å²) in [5, 5.41) is 4.02. The van der Waals surface area contributed by atoms with Crippen molar-refractivity contribution in [2.75, 3.05) is 6.61 Å². The van der Waals surface area contributed by atoms with Crippen LogP contribution in [-0.4, -0.2) is 24.8 Å². The summed E-state index contributed by atoms with van der Waals surface area (Å²) in [5.74, 6) is 0.896. The van der Waals surface area contributed by atoms with Gasteiger partial charge in [0.15, 0.2) is 0 Å². The molecule has 2 nitrogen and oxygen atoms in total. The van der Waals surface area contributed by atoms with Gasteiger partial charge in [0.2, 0.25) is 0 Å². The lowest BCUT2D eigenvalue weighted by atomic mass is 9.57. The summed E-state index contributed by atoms with van der Waals surface area (Å²) in [5.41, 5.74) is 0.703. The lowest BCUT2D eigenvalue weighted by Gasteiger charge is -2.53. The second-order valence-electron chi connectivity index (χ2n) is 7.25. The predicted octanol–water partition coefficient (Wildman–Crippen LogP) is 3.26. The highest BCUT2D eigenvalue weighted by molar-refractivity contribution is 5.05. The molecule has 4 rings (SSSR count). The molecule has 0 amide bonds. The van der Waals surface area contributed by atoms with E-state index in [4.69, 9.17) is 4.74 Å². The van der Waals surface area contributed by atoms with Gasteiger partial charge in [0.1, 0.15) is 0 Å². The summed E-state index contributed by atoms with van der Waals surface area (Å²) < 4.78 is 5.97. The molecule has 1 spiro atoms. The van der Waals surface area contributed by atoms with E-state index in [9.17, 15) is 0 Å². The minimum atomic E-state index is 0.561. The zero-order valence-electron chi connectivity index (χ0n) is 11.5. The van der Waals surface area contributed by atoms with E-state index in [-0.39, 0.29) is 0 Å². The van der Waals surface area contributed by atoms with Crippen LogP contribution in [0.4, 0.5) is 0 Å². The average molecular weight is 249 g/mol. The van der Waals surface area contributed by atoms with Crippen molar-refractivity contribution in [3.8, 4) is 0 Å². The molecule has 18 heavy (non-hydrogen) atoms. The van der Waals surface area contributed by atoms with Crippen molar-refractivity contribution in [3.63, 3.8) is 0 Å². The molecule has 4 fully saturated rings. The monoisotopic (exact) mass is 249 g/mol. The van der Waals surface area contributed by atoms with E-state index in [1.54, 1.807) is 0 Å². The lowest BCUT2D eigenvalue weighted by Crippen LogP contribution is -2.58. The third kappa shape index (κ3) is 1.92. The Morgan fingerprint density at radius 2 is 1.72 bits per heavy atom. The first-order valence-electron chi connectivity index (χ1n) is 8.25. The fourth-order valence-electron chi connectivity index (χ4n) is 4.75. The van der Waals surface area contributed by atoms with Crippen LogP contribution in [0, 0.1) is 11.3 Å².